The summed E-state index contributed by atoms with van der Waals surface area (Å²) < 4.78 is 10.5. The molecule has 0 bridgehead atoms. The number of benzene rings is 2. The van der Waals surface area contributed by atoms with Gasteiger partial charge < -0.3 is 14.8 Å². The Labute approximate surface area is 153 Å². The molecule has 0 aliphatic carbocycles. The zero-order valence-corrected chi connectivity index (χ0v) is 15.4. The highest BCUT2D eigenvalue weighted by atomic mass is 32.1. The van der Waals surface area contributed by atoms with Crippen molar-refractivity contribution >= 4 is 28.9 Å². The molecule has 0 radical (unpaired) electrons. The molecule has 25 heavy (non-hydrogen) atoms. The Morgan fingerprint density at radius 2 is 1.88 bits per heavy atom. The molecule has 2 aromatic carbocycles. The molecule has 2 aromatic rings. The fourth-order valence-corrected chi connectivity index (χ4v) is 2.50. The summed E-state index contributed by atoms with van der Waals surface area (Å²) >= 11 is 5.25. The molecule has 0 aliphatic rings. The van der Waals surface area contributed by atoms with Gasteiger partial charge in [0, 0.05) is 12.8 Å². The van der Waals surface area contributed by atoms with Crippen LogP contribution in [0.1, 0.15) is 21.5 Å². The number of carbonyl (C=O) groups excluding carboxylic acids is 1. The predicted octanol–water partition coefficient (Wildman–Crippen LogP) is 3.46. The van der Waals surface area contributed by atoms with Crippen LogP contribution < -0.4 is 15.4 Å². The van der Waals surface area contributed by atoms with Crippen LogP contribution in [0.4, 0.5) is 5.69 Å². The van der Waals surface area contributed by atoms with E-state index in [9.17, 15) is 4.79 Å². The monoisotopic (exact) mass is 358 g/mol. The first-order chi connectivity index (χ1) is 12.0. The molecule has 0 unspecified atom stereocenters. The summed E-state index contributed by atoms with van der Waals surface area (Å²) in [5.74, 6) is 0.168. The number of carbonyl (C=O) groups is 1. The molecule has 0 atom stereocenters. The number of nitrogens with one attached hydrogen (secondary N) is 2. The maximum absolute atomic E-state index is 12.5. The van der Waals surface area contributed by atoms with Crippen molar-refractivity contribution in [3.8, 4) is 5.75 Å². The Kier molecular flexibility index (Phi) is 6.91. The van der Waals surface area contributed by atoms with Gasteiger partial charge in [0.2, 0.25) is 0 Å². The predicted molar refractivity (Wildman–Crippen MR) is 103 cm³/mol. The average molecular weight is 358 g/mol. The van der Waals surface area contributed by atoms with Crippen molar-refractivity contribution in [1.82, 2.24) is 5.32 Å². The first-order valence-corrected chi connectivity index (χ1v) is 8.32. The molecule has 0 heterocycles. The van der Waals surface area contributed by atoms with E-state index in [-0.39, 0.29) is 11.0 Å². The fourth-order valence-electron chi connectivity index (χ4n) is 2.29. The Balaban J connectivity index is 2.02. The summed E-state index contributed by atoms with van der Waals surface area (Å²) in [5.41, 5.74) is 3.50. The lowest BCUT2D eigenvalue weighted by Crippen LogP contribution is -2.34. The van der Waals surface area contributed by atoms with E-state index in [1.165, 1.54) is 5.56 Å². The minimum absolute atomic E-state index is 0.239. The van der Waals surface area contributed by atoms with Gasteiger partial charge in [0.1, 0.15) is 12.4 Å². The second-order valence-electron chi connectivity index (χ2n) is 5.56. The van der Waals surface area contributed by atoms with Gasteiger partial charge in [0.15, 0.2) is 5.11 Å². The fraction of sp³-hybridized carbons (Fsp3) is 0.263. The standard InChI is InChI=1S/C19H22N2O3S/c1-13-8-9-16(14(2)12-13)20-19(25)21-18(22)15-6-4-5-7-17(15)24-11-10-23-3/h4-9,12H,10-11H2,1-3H3,(H2,20,21,22,25). The van der Waals surface area contributed by atoms with Gasteiger partial charge in [-0.05, 0) is 49.8 Å². The maximum atomic E-state index is 12.5. The van der Waals surface area contributed by atoms with E-state index in [0.29, 0.717) is 24.5 Å². The number of ether oxygens (including phenoxy) is 2. The van der Waals surface area contributed by atoms with Crippen LogP contribution in [0.3, 0.4) is 0 Å². The van der Waals surface area contributed by atoms with E-state index >= 15 is 0 Å². The Bertz CT molecular complexity index is 762. The zero-order valence-electron chi connectivity index (χ0n) is 14.6. The second-order valence-corrected chi connectivity index (χ2v) is 5.97. The van der Waals surface area contributed by atoms with Gasteiger partial charge in [-0.1, -0.05) is 29.8 Å². The van der Waals surface area contributed by atoms with Crippen molar-refractivity contribution < 1.29 is 14.3 Å². The molecule has 132 valence electrons. The molecule has 0 fully saturated rings. The van der Waals surface area contributed by atoms with E-state index in [1.54, 1.807) is 25.3 Å². The molecule has 5 nitrogen and oxygen atoms in total. The summed E-state index contributed by atoms with van der Waals surface area (Å²) in [6.45, 7) is 4.82. The number of hydrogen-bond donors (Lipinski definition) is 2. The van der Waals surface area contributed by atoms with Gasteiger partial charge in [-0.3, -0.25) is 10.1 Å². The molecule has 2 N–H and O–H groups in total. The lowest BCUT2D eigenvalue weighted by Gasteiger charge is -2.14. The van der Waals surface area contributed by atoms with E-state index in [1.807, 2.05) is 38.1 Å². The normalized spacial score (nSPS) is 10.2. The Morgan fingerprint density at radius 3 is 2.60 bits per heavy atom. The SMILES string of the molecule is COCCOc1ccccc1C(=O)NC(=S)Nc1ccc(C)cc1C. The van der Waals surface area contributed by atoms with Crippen LogP contribution in [-0.2, 0) is 4.74 Å². The van der Waals surface area contributed by atoms with Crippen LogP contribution >= 0.6 is 12.2 Å². The molecule has 6 heteroatoms. The smallest absolute Gasteiger partial charge is 0.261 e. The molecule has 0 aromatic heterocycles. The topological polar surface area (TPSA) is 59.6 Å². The highest BCUT2D eigenvalue weighted by Gasteiger charge is 2.14. The maximum Gasteiger partial charge on any atom is 0.261 e. The van der Waals surface area contributed by atoms with E-state index in [0.717, 1.165) is 11.3 Å². The molecular weight excluding hydrogens is 336 g/mol. The summed E-state index contributed by atoms with van der Waals surface area (Å²) in [6, 6.07) is 13.0. The molecule has 0 saturated carbocycles. The molecule has 0 aliphatic heterocycles. The zero-order chi connectivity index (χ0) is 18.2. The van der Waals surface area contributed by atoms with Crippen LogP contribution in [0.25, 0.3) is 0 Å². The van der Waals surface area contributed by atoms with Gasteiger partial charge in [0.05, 0.1) is 12.2 Å². The molecule has 0 saturated heterocycles. The largest absolute Gasteiger partial charge is 0.490 e. The highest BCUT2D eigenvalue weighted by molar-refractivity contribution is 7.80. The third-order valence-corrected chi connectivity index (χ3v) is 3.74. The van der Waals surface area contributed by atoms with Crippen molar-refractivity contribution in [3.05, 3.63) is 59.2 Å². The number of thiocarbonyl (C=S) groups is 1. The number of methoxy groups -OCH3 is 1. The summed E-state index contributed by atoms with van der Waals surface area (Å²) in [5, 5.41) is 5.98. The van der Waals surface area contributed by atoms with Crippen LogP contribution in [0.15, 0.2) is 42.5 Å². The van der Waals surface area contributed by atoms with Gasteiger partial charge in [-0.25, -0.2) is 0 Å². The van der Waals surface area contributed by atoms with Gasteiger partial charge in [0.25, 0.3) is 5.91 Å². The third-order valence-electron chi connectivity index (χ3n) is 3.53. The van der Waals surface area contributed by atoms with Crippen molar-refractivity contribution in [2.24, 2.45) is 0 Å². The number of aryl methyl sites for hydroxylation is 2. The second kappa shape index (κ2) is 9.15. The lowest BCUT2D eigenvalue weighted by molar-refractivity contribution is 0.0970. The van der Waals surface area contributed by atoms with Gasteiger partial charge in [-0.15, -0.1) is 0 Å². The first kappa shape index (κ1) is 18.9. The van der Waals surface area contributed by atoms with Crippen LogP contribution in [-0.4, -0.2) is 31.3 Å². The van der Waals surface area contributed by atoms with Crippen molar-refractivity contribution in [2.45, 2.75) is 13.8 Å². The third kappa shape index (κ3) is 5.55. The summed E-state index contributed by atoms with van der Waals surface area (Å²) in [6.07, 6.45) is 0. The van der Waals surface area contributed by atoms with Crippen molar-refractivity contribution in [3.63, 3.8) is 0 Å². The van der Waals surface area contributed by atoms with Gasteiger partial charge in [-0.2, -0.15) is 0 Å². The lowest BCUT2D eigenvalue weighted by atomic mass is 10.1. The first-order valence-electron chi connectivity index (χ1n) is 7.91. The van der Waals surface area contributed by atoms with Crippen LogP contribution in [0, 0.1) is 13.8 Å². The van der Waals surface area contributed by atoms with Crippen molar-refractivity contribution in [2.75, 3.05) is 25.6 Å². The number of amides is 1. The minimum atomic E-state index is -0.324. The molecule has 1 amide bonds. The van der Waals surface area contributed by atoms with Crippen LogP contribution in [0.5, 0.6) is 5.75 Å². The summed E-state index contributed by atoms with van der Waals surface area (Å²) in [4.78, 5) is 12.5. The Hall–Kier alpha value is -2.44. The Morgan fingerprint density at radius 1 is 1.12 bits per heavy atom. The number of hydrogen-bond acceptors (Lipinski definition) is 4. The van der Waals surface area contributed by atoms with E-state index in [4.69, 9.17) is 21.7 Å². The number of para-hydroxylation sites is 1. The quantitative estimate of drug-likeness (QED) is 0.612. The molecular formula is C19H22N2O3S. The van der Waals surface area contributed by atoms with E-state index in [2.05, 4.69) is 10.6 Å². The number of anilines is 1. The number of rotatable bonds is 6. The minimum Gasteiger partial charge on any atom is -0.490 e. The average Bonchev–Trinajstić information content (AvgIpc) is 2.58. The molecule has 0 spiro atoms. The van der Waals surface area contributed by atoms with Gasteiger partial charge >= 0.3 is 0 Å². The molecule has 2 rings (SSSR count). The van der Waals surface area contributed by atoms with Crippen LogP contribution in [0.2, 0.25) is 0 Å². The summed E-state index contributed by atoms with van der Waals surface area (Å²) in [7, 11) is 1.60. The van der Waals surface area contributed by atoms with E-state index < -0.39 is 0 Å². The van der Waals surface area contributed by atoms with Crippen molar-refractivity contribution in [1.29, 1.82) is 0 Å². The highest BCUT2D eigenvalue weighted by Crippen LogP contribution is 2.18.